The second-order valence-electron chi connectivity index (χ2n) is 10.3. The molecule has 7 rings (SSSR count). The molecule has 3 N–H and O–H groups in total. The molecule has 12 heteroatoms. The van der Waals surface area contributed by atoms with Gasteiger partial charge in [-0.15, -0.1) is 11.3 Å². The first-order chi connectivity index (χ1) is 21.3. The highest BCUT2D eigenvalue weighted by Crippen LogP contribution is 2.27. The Morgan fingerprint density at radius 1 is 1.02 bits per heavy atom. The van der Waals surface area contributed by atoms with Crippen molar-refractivity contribution < 1.29 is 18.7 Å². The number of fused-ring (bicyclic) bond motifs is 3. The minimum atomic E-state index is -1.01. The number of hydrogen-bond acceptors (Lipinski definition) is 7. The molecular weight excluding hydrogens is 586 g/mol. The molecule has 0 aliphatic carbocycles. The van der Waals surface area contributed by atoms with Crippen molar-refractivity contribution in [3.8, 4) is 11.4 Å². The van der Waals surface area contributed by atoms with Gasteiger partial charge in [-0.1, -0.05) is 0 Å². The zero-order valence-electron chi connectivity index (χ0n) is 22.8. The number of H-pyrrole nitrogens is 1. The molecule has 9 nitrogen and oxygen atoms in total. The van der Waals surface area contributed by atoms with Gasteiger partial charge in [0.25, 0.3) is 5.56 Å². The molecule has 0 aliphatic heterocycles. The fourth-order valence-corrected chi connectivity index (χ4v) is 6.07. The molecule has 0 radical (unpaired) electrons. The first-order valence-corrected chi connectivity index (χ1v) is 14.4. The molecule has 0 bridgehead atoms. The second-order valence-corrected chi connectivity index (χ2v) is 11.2. The summed E-state index contributed by atoms with van der Waals surface area (Å²) in [5, 5.41) is 13.9. The Labute approximate surface area is 251 Å². The first-order valence-electron chi connectivity index (χ1n) is 13.6. The number of halogens is 2. The molecule has 218 valence electrons. The third kappa shape index (κ3) is 5.15. The monoisotopic (exact) mass is 608 g/mol. The van der Waals surface area contributed by atoms with Crippen LogP contribution in [-0.4, -0.2) is 35.5 Å². The van der Waals surface area contributed by atoms with Gasteiger partial charge in [0, 0.05) is 35.8 Å². The average molecular weight is 609 g/mol. The third-order valence-corrected chi connectivity index (χ3v) is 8.16. The van der Waals surface area contributed by atoms with Crippen LogP contribution in [0.3, 0.4) is 0 Å². The van der Waals surface area contributed by atoms with Crippen LogP contribution in [0.1, 0.15) is 23.0 Å². The van der Waals surface area contributed by atoms with Gasteiger partial charge in [0.05, 0.1) is 39.3 Å². The molecule has 0 aliphatic rings. The van der Waals surface area contributed by atoms with E-state index in [1.165, 1.54) is 34.2 Å². The Hall–Kier alpha value is -5.49. The molecule has 0 saturated carbocycles. The van der Waals surface area contributed by atoms with Crippen LogP contribution in [0.2, 0.25) is 0 Å². The lowest BCUT2D eigenvalue weighted by atomic mass is 10.0. The van der Waals surface area contributed by atoms with E-state index in [9.17, 15) is 23.5 Å². The number of nitrogens with zero attached hydrogens (tertiary/aromatic N) is 4. The van der Waals surface area contributed by atoms with Gasteiger partial charge in [0.1, 0.15) is 23.2 Å². The van der Waals surface area contributed by atoms with Crippen molar-refractivity contribution in [2.24, 2.45) is 0 Å². The zero-order chi connectivity index (χ0) is 30.4. The van der Waals surface area contributed by atoms with Crippen LogP contribution >= 0.6 is 11.3 Å². The van der Waals surface area contributed by atoms with E-state index < -0.39 is 29.1 Å². The van der Waals surface area contributed by atoms with Crippen molar-refractivity contribution in [3.05, 3.63) is 124 Å². The number of thiazole rings is 1. The number of phenols is 1. The quantitative estimate of drug-likeness (QED) is 0.220. The van der Waals surface area contributed by atoms with E-state index in [2.05, 4.69) is 20.3 Å². The number of carbonyl (C=O) groups excluding carboxylic acids is 1. The summed E-state index contributed by atoms with van der Waals surface area (Å²) in [6.45, 7) is 0. The van der Waals surface area contributed by atoms with Crippen LogP contribution in [0.5, 0.6) is 5.75 Å². The van der Waals surface area contributed by atoms with Gasteiger partial charge >= 0.3 is 0 Å². The molecule has 0 spiro atoms. The molecule has 4 aromatic heterocycles. The molecule has 0 unspecified atom stereocenters. The van der Waals surface area contributed by atoms with E-state index in [1.54, 1.807) is 54.2 Å². The largest absolute Gasteiger partial charge is 0.508 e. The van der Waals surface area contributed by atoms with Crippen LogP contribution in [-0.2, 0) is 17.6 Å². The fraction of sp³-hybridized carbons (Fsp3) is 0.0938. The first kappa shape index (κ1) is 27.3. The number of amides is 1. The Kier molecular flexibility index (Phi) is 6.82. The number of hydrogen-bond donors (Lipinski definition) is 3. The second kappa shape index (κ2) is 11.0. The van der Waals surface area contributed by atoms with E-state index in [1.807, 2.05) is 6.07 Å². The maximum absolute atomic E-state index is 14.3. The summed E-state index contributed by atoms with van der Waals surface area (Å²) in [5.74, 6) is -1.80. The van der Waals surface area contributed by atoms with E-state index in [0.717, 1.165) is 16.3 Å². The number of aromatic amines is 1. The molecule has 44 heavy (non-hydrogen) atoms. The lowest BCUT2D eigenvalue weighted by Crippen LogP contribution is -2.36. The van der Waals surface area contributed by atoms with Crippen molar-refractivity contribution >= 4 is 49.4 Å². The van der Waals surface area contributed by atoms with Crippen molar-refractivity contribution in [1.82, 2.24) is 29.8 Å². The number of phenolic OH excluding ortho intramolecular Hbond substituents is 1. The molecule has 4 heterocycles. The van der Waals surface area contributed by atoms with Crippen molar-refractivity contribution in [1.29, 1.82) is 0 Å². The predicted molar refractivity (Wildman–Crippen MR) is 163 cm³/mol. The SMILES string of the molecule is O=C(Cc1c[nH]c2ccc(O)cc12)N[C@@H](Cc1cc(F)cc(F)c1)c1nc2ncccc2c(=O)n1-c1ccc2scnc2c1. The summed E-state index contributed by atoms with van der Waals surface area (Å²) in [6.07, 6.45) is 3.02. The third-order valence-electron chi connectivity index (χ3n) is 7.35. The highest BCUT2D eigenvalue weighted by molar-refractivity contribution is 7.16. The van der Waals surface area contributed by atoms with Crippen molar-refractivity contribution in [3.63, 3.8) is 0 Å². The highest BCUT2D eigenvalue weighted by atomic mass is 32.1. The summed E-state index contributed by atoms with van der Waals surface area (Å²) in [4.78, 5) is 44.1. The molecular formula is C32H22F2N6O3S. The molecule has 7 aromatic rings. The van der Waals surface area contributed by atoms with Crippen LogP contribution in [0, 0.1) is 11.6 Å². The predicted octanol–water partition coefficient (Wildman–Crippen LogP) is 5.50. The van der Waals surface area contributed by atoms with Crippen LogP contribution in [0.15, 0.2) is 89.4 Å². The molecule has 0 fully saturated rings. The van der Waals surface area contributed by atoms with Gasteiger partial charge in [0.15, 0.2) is 5.65 Å². The summed E-state index contributed by atoms with van der Waals surface area (Å²) in [5.41, 5.74) is 4.19. The molecule has 0 saturated heterocycles. The number of aromatic nitrogens is 5. The summed E-state index contributed by atoms with van der Waals surface area (Å²) >= 11 is 1.45. The summed E-state index contributed by atoms with van der Waals surface area (Å²) < 4.78 is 30.8. The number of aromatic hydroxyl groups is 1. The molecule has 3 aromatic carbocycles. The topological polar surface area (TPSA) is 126 Å². The minimum Gasteiger partial charge on any atom is -0.508 e. The van der Waals surface area contributed by atoms with Crippen LogP contribution in [0.25, 0.3) is 37.8 Å². The standard InChI is InChI=1S/C32H22F2N6O3S/c33-19-8-17(9-20(34)12-19)10-27(38-29(42)11-18-15-36-25-5-4-22(41)14-24(18)25)31-39-30-23(2-1-7-35-30)32(43)40(31)21-3-6-28-26(13-21)37-16-44-28/h1-9,12-16,27,36,41H,10-11H2,(H,38,42)/t27-/m0/s1. The van der Waals surface area contributed by atoms with Gasteiger partial charge in [-0.3, -0.25) is 14.2 Å². The highest BCUT2D eigenvalue weighted by Gasteiger charge is 2.25. The smallest absolute Gasteiger partial charge is 0.267 e. The van der Waals surface area contributed by atoms with E-state index in [4.69, 9.17) is 4.98 Å². The Morgan fingerprint density at radius 2 is 1.86 bits per heavy atom. The molecule has 1 atom stereocenters. The molecule has 1 amide bonds. The fourth-order valence-electron chi connectivity index (χ4n) is 5.41. The summed E-state index contributed by atoms with van der Waals surface area (Å²) in [6, 6.07) is 15.5. The maximum Gasteiger partial charge on any atom is 0.267 e. The van der Waals surface area contributed by atoms with Gasteiger partial charge < -0.3 is 15.4 Å². The minimum absolute atomic E-state index is 0.0544. The van der Waals surface area contributed by atoms with E-state index in [-0.39, 0.29) is 41.0 Å². The Bertz CT molecular complexity index is 2260. The number of carbonyl (C=O) groups is 1. The van der Waals surface area contributed by atoms with Crippen LogP contribution < -0.4 is 10.9 Å². The van der Waals surface area contributed by atoms with Crippen molar-refractivity contribution in [2.75, 3.05) is 0 Å². The van der Waals surface area contributed by atoms with Gasteiger partial charge in [-0.25, -0.2) is 23.7 Å². The normalized spacial score (nSPS) is 12.2. The van der Waals surface area contributed by atoms with Gasteiger partial charge in [-0.2, -0.15) is 0 Å². The van der Waals surface area contributed by atoms with Gasteiger partial charge in [-0.05, 0) is 71.8 Å². The Balaban J connectivity index is 1.37. The van der Waals surface area contributed by atoms with Gasteiger partial charge in [0.2, 0.25) is 5.91 Å². The lowest BCUT2D eigenvalue weighted by molar-refractivity contribution is -0.121. The number of rotatable bonds is 7. The zero-order valence-corrected chi connectivity index (χ0v) is 23.6. The number of nitrogens with one attached hydrogen (secondary N) is 2. The van der Waals surface area contributed by atoms with E-state index >= 15 is 0 Å². The maximum atomic E-state index is 14.3. The van der Waals surface area contributed by atoms with Crippen molar-refractivity contribution in [2.45, 2.75) is 18.9 Å². The Morgan fingerprint density at radius 3 is 2.70 bits per heavy atom. The average Bonchev–Trinajstić information content (AvgIpc) is 3.62. The number of benzene rings is 3. The van der Waals surface area contributed by atoms with E-state index in [0.29, 0.717) is 22.2 Å². The lowest BCUT2D eigenvalue weighted by Gasteiger charge is -2.23. The van der Waals surface area contributed by atoms with Crippen LogP contribution in [0.4, 0.5) is 8.78 Å². The number of pyridine rings is 1. The summed E-state index contributed by atoms with van der Waals surface area (Å²) in [7, 11) is 0.